The molecule has 0 unspecified atom stereocenters. The van der Waals surface area contributed by atoms with Gasteiger partial charge in [0.1, 0.15) is 0 Å². The van der Waals surface area contributed by atoms with Gasteiger partial charge >= 0.3 is 5.97 Å². The quantitative estimate of drug-likeness (QED) is 0.356. The van der Waals surface area contributed by atoms with Crippen LogP contribution in [0.5, 0.6) is 5.88 Å². The van der Waals surface area contributed by atoms with Gasteiger partial charge in [0.15, 0.2) is 5.60 Å². The molecule has 2 rings (SSSR count). The molecule has 0 spiro atoms. The molecule has 1 aliphatic carbocycles. The fourth-order valence-corrected chi connectivity index (χ4v) is 3.16. The topological polar surface area (TPSA) is 77.5 Å². The van der Waals surface area contributed by atoms with Crippen molar-refractivity contribution in [3.8, 4) is 5.88 Å². The minimum Gasteiger partial charge on any atom is -0.481 e. The number of unbranched alkanes of at least 4 members (excludes halogenated alkanes) is 8. The van der Waals surface area contributed by atoms with E-state index in [1.807, 2.05) is 0 Å². The first-order valence-corrected chi connectivity index (χ1v) is 10.6. The first kappa shape index (κ1) is 22.2. The Bertz CT molecular complexity index is 611. The zero-order chi connectivity index (χ0) is 20.2. The highest BCUT2D eigenvalue weighted by atomic mass is 16.6. The summed E-state index contributed by atoms with van der Waals surface area (Å²) in [5, 5.41) is 2.77. The number of hydrogen-bond donors (Lipinski definition) is 1. The number of rotatable bonds is 14. The standard InChI is InChI=1S/C22H34N2O4/c1-3-4-5-6-7-8-9-10-11-12-20(25)28-22(15-16-22)21(26)24-18-13-14-19(27-2)23-17-18/h13-14,17H,3-12,15-16H2,1-2H3,(H,24,26). The zero-order valence-electron chi connectivity index (χ0n) is 17.3. The molecule has 156 valence electrons. The second kappa shape index (κ2) is 11.7. The molecule has 6 nitrogen and oxygen atoms in total. The largest absolute Gasteiger partial charge is 0.481 e. The highest BCUT2D eigenvalue weighted by molar-refractivity contribution is 6.00. The van der Waals surface area contributed by atoms with E-state index in [0.717, 1.165) is 19.3 Å². The van der Waals surface area contributed by atoms with Crippen LogP contribution in [0.2, 0.25) is 0 Å². The van der Waals surface area contributed by atoms with Crippen molar-refractivity contribution >= 4 is 17.6 Å². The molecule has 0 aromatic carbocycles. The normalized spacial score (nSPS) is 14.4. The monoisotopic (exact) mass is 390 g/mol. The van der Waals surface area contributed by atoms with Crippen molar-refractivity contribution in [2.75, 3.05) is 12.4 Å². The number of carbonyl (C=O) groups is 2. The van der Waals surface area contributed by atoms with E-state index in [2.05, 4.69) is 17.2 Å². The minimum atomic E-state index is -0.990. The van der Waals surface area contributed by atoms with Crippen LogP contribution in [0, 0.1) is 0 Å². The molecule has 6 heteroatoms. The minimum absolute atomic E-state index is 0.275. The van der Waals surface area contributed by atoms with E-state index in [1.165, 1.54) is 51.8 Å². The maximum absolute atomic E-state index is 12.5. The second-order valence-electron chi connectivity index (χ2n) is 7.59. The Morgan fingerprint density at radius 2 is 1.68 bits per heavy atom. The van der Waals surface area contributed by atoms with Crippen LogP contribution in [-0.4, -0.2) is 29.6 Å². The van der Waals surface area contributed by atoms with Gasteiger partial charge in [-0.3, -0.25) is 9.59 Å². The lowest BCUT2D eigenvalue weighted by Crippen LogP contribution is -2.34. The van der Waals surface area contributed by atoms with Gasteiger partial charge in [-0.25, -0.2) is 4.98 Å². The molecule has 1 heterocycles. The van der Waals surface area contributed by atoms with Gasteiger partial charge in [0.25, 0.3) is 5.91 Å². The highest BCUT2D eigenvalue weighted by Crippen LogP contribution is 2.41. The molecule has 1 amide bonds. The molecule has 0 saturated heterocycles. The number of nitrogens with zero attached hydrogens (tertiary/aromatic N) is 1. The van der Waals surface area contributed by atoms with Crippen molar-refractivity contribution in [3.63, 3.8) is 0 Å². The molecule has 0 radical (unpaired) electrons. The van der Waals surface area contributed by atoms with Crippen LogP contribution < -0.4 is 10.1 Å². The van der Waals surface area contributed by atoms with E-state index in [0.29, 0.717) is 30.8 Å². The molecule has 1 aromatic rings. The number of aromatic nitrogens is 1. The second-order valence-corrected chi connectivity index (χ2v) is 7.59. The first-order chi connectivity index (χ1) is 13.6. The maximum Gasteiger partial charge on any atom is 0.306 e. The molecular weight excluding hydrogens is 356 g/mol. The van der Waals surface area contributed by atoms with Crippen LogP contribution in [-0.2, 0) is 14.3 Å². The Hall–Kier alpha value is -2.11. The summed E-state index contributed by atoms with van der Waals surface area (Å²) in [6.45, 7) is 2.23. The summed E-state index contributed by atoms with van der Waals surface area (Å²) >= 11 is 0. The number of amides is 1. The number of nitrogens with one attached hydrogen (secondary N) is 1. The molecular formula is C22H34N2O4. The summed E-state index contributed by atoms with van der Waals surface area (Å²) in [5.74, 6) is -0.0742. The molecule has 1 aromatic heterocycles. The predicted molar refractivity (Wildman–Crippen MR) is 109 cm³/mol. The maximum atomic E-state index is 12.5. The Labute approximate surface area is 168 Å². The van der Waals surface area contributed by atoms with Crippen molar-refractivity contribution in [2.24, 2.45) is 0 Å². The molecule has 1 N–H and O–H groups in total. The van der Waals surface area contributed by atoms with Crippen LogP contribution in [0.25, 0.3) is 0 Å². The summed E-state index contributed by atoms with van der Waals surface area (Å²) in [7, 11) is 1.53. The Morgan fingerprint density at radius 3 is 2.21 bits per heavy atom. The predicted octanol–water partition coefficient (Wildman–Crippen LogP) is 5.03. The van der Waals surface area contributed by atoms with Gasteiger partial charge < -0.3 is 14.8 Å². The van der Waals surface area contributed by atoms with Crippen LogP contribution >= 0.6 is 0 Å². The molecule has 0 atom stereocenters. The van der Waals surface area contributed by atoms with Gasteiger partial charge in [-0.05, 0) is 12.5 Å². The summed E-state index contributed by atoms with van der Waals surface area (Å²) in [6.07, 6.45) is 13.9. The van der Waals surface area contributed by atoms with Crippen LogP contribution in [0.1, 0.15) is 84.0 Å². The van der Waals surface area contributed by atoms with E-state index in [4.69, 9.17) is 9.47 Å². The average Bonchev–Trinajstić information content (AvgIpc) is 3.48. The van der Waals surface area contributed by atoms with E-state index in [-0.39, 0.29) is 11.9 Å². The number of anilines is 1. The summed E-state index contributed by atoms with van der Waals surface area (Å²) in [4.78, 5) is 28.6. The lowest BCUT2D eigenvalue weighted by Gasteiger charge is -2.16. The molecule has 1 fully saturated rings. The van der Waals surface area contributed by atoms with Crippen molar-refractivity contribution in [3.05, 3.63) is 18.3 Å². The summed E-state index contributed by atoms with van der Waals surface area (Å²) < 4.78 is 10.5. The van der Waals surface area contributed by atoms with E-state index >= 15 is 0 Å². The Kier molecular flexibility index (Phi) is 9.24. The number of pyridine rings is 1. The first-order valence-electron chi connectivity index (χ1n) is 10.6. The molecule has 0 aliphatic heterocycles. The van der Waals surface area contributed by atoms with E-state index in [1.54, 1.807) is 12.1 Å². The third-order valence-electron chi connectivity index (χ3n) is 5.11. The fourth-order valence-electron chi connectivity index (χ4n) is 3.16. The molecule has 1 saturated carbocycles. The highest BCUT2D eigenvalue weighted by Gasteiger charge is 2.54. The van der Waals surface area contributed by atoms with Crippen molar-refractivity contribution in [1.29, 1.82) is 0 Å². The van der Waals surface area contributed by atoms with Gasteiger partial charge in [-0.15, -0.1) is 0 Å². The smallest absolute Gasteiger partial charge is 0.306 e. The molecule has 28 heavy (non-hydrogen) atoms. The van der Waals surface area contributed by atoms with Crippen molar-refractivity contribution in [1.82, 2.24) is 4.98 Å². The molecule has 1 aliphatic rings. The SMILES string of the molecule is CCCCCCCCCCCC(=O)OC1(C(=O)Nc2ccc(OC)nc2)CC1. The Balaban J connectivity index is 1.61. The molecule has 0 bridgehead atoms. The van der Waals surface area contributed by atoms with Crippen molar-refractivity contribution in [2.45, 2.75) is 89.6 Å². The number of carbonyl (C=O) groups excluding carboxylic acids is 2. The lowest BCUT2D eigenvalue weighted by molar-refractivity contribution is -0.156. The van der Waals surface area contributed by atoms with Gasteiger partial charge in [0.2, 0.25) is 5.88 Å². The number of methoxy groups -OCH3 is 1. The third kappa shape index (κ3) is 7.49. The third-order valence-corrected chi connectivity index (χ3v) is 5.11. The van der Waals surface area contributed by atoms with Crippen molar-refractivity contribution < 1.29 is 19.1 Å². The fraction of sp³-hybridized carbons (Fsp3) is 0.682. The average molecular weight is 391 g/mol. The van der Waals surface area contributed by atoms with E-state index in [9.17, 15) is 9.59 Å². The summed E-state index contributed by atoms with van der Waals surface area (Å²) in [6, 6.07) is 3.38. The van der Waals surface area contributed by atoms with Crippen LogP contribution in [0.15, 0.2) is 18.3 Å². The van der Waals surface area contributed by atoms with Gasteiger partial charge in [0.05, 0.1) is 19.0 Å². The van der Waals surface area contributed by atoms with Gasteiger partial charge in [-0.1, -0.05) is 58.3 Å². The van der Waals surface area contributed by atoms with Gasteiger partial charge in [-0.2, -0.15) is 0 Å². The number of esters is 1. The van der Waals surface area contributed by atoms with Crippen LogP contribution in [0.4, 0.5) is 5.69 Å². The van der Waals surface area contributed by atoms with Crippen LogP contribution in [0.3, 0.4) is 0 Å². The van der Waals surface area contributed by atoms with E-state index < -0.39 is 5.60 Å². The number of hydrogen-bond acceptors (Lipinski definition) is 5. The van der Waals surface area contributed by atoms with Gasteiger partial charge in [0, 0.05) is 25.3 Å². The lowest BCUT2D eigenvalue weighted by atomic mass is 10.1. The summed E-state index contributed by atoms with van der Waals surface area (Å²) in [5.41, 5.74) is -0.428. The Morgan fingerprint density at radius 1 is 1.04 bits per heavy atom. The number of ether oxygens (including phenoxy) is 2. The zero-order valence-corrected chi connectivity index (χ0v) is 17.3.